The second-order valence-electron chi connectivity index (χ2n) is 7.16. The summed E-state index contributed by atoms with van der Waals surface area (Å²) in [6.07, 6.45) is 0. The summed E-state index contributed by atoms with van der Waals surface area (Å²) in [6, 6.07) is 25.9. The summed E-state index contributed by atoms with van der Waals surface area (Å²) in [6.45, 7) is 0.185. The van der Waals surface area contributed by atoms with Gasteiger partial charge in [0, 0.05) is 28.5 Å². The smallest absolute Gasteiger partial charge is 0.269 e. The molecule has 1 N–H and O–H groups in total. The van der Waals surface area contributed by atoms with Gasteiger partial charge in [-0.25, -0.2) is 0 Å². The fourth-order valence-electron chi connectivity index (χ4n) is 3.11. The van der Waals surface area contributed by atoms with Crippen LogP contribution in [-0.2, 0) is 17.1 Å². The van der Waals surface area contributed by atoms with Gasteiger partial charge in [0.1, 0.15) is 0 Å². The molecule has 0 saturated carbocycles. The van der Waals surface area contributed by atoms with Crippen LogP contribution in [-0.4, -0.2) is 31.3 Å². The Bertz CT molecular complexity index is 1250. The van der Waals surface area contributed by atoms with E-state index in [1.165, 1.54) is 35.7 Å². The SMILES string of the molecule is O=C(CSc1ccccc1)NCc1nnc(SCc2ccccc2)n1-c1ccc([N+](=O)[O-])cc1. The first-order chi connectivity index (χ1) is 16.6. The number of rotatable bonds is 10. The van der Waals surface area contributed by atoms with Gasteiger partial charge in [-0.15, -0.1) is 22.0 Å². The highest BCUT2D eigenvalue weighted by atomic mass is 32.2. The van der Waals surface area contributed by atoms with Crippen molar-refractivity contribution in [3.05, 3.63) is 106 Å². The van der Waals surface area contributed by atoms with Gasteiger partial charge in [0.25, 0.3) is 5.69 Å². The largest absolute Gasteiger partial charge is 0.348 e. The fourth-order valence-corrected chi connectivity index (χ4v) is 4.78. The number of non-ortho nitro benzene ring substituents is 1. The number of nitro groups is 1. The minimum Gasteiger partial charge on any atom is -0.348 e. The van der Waals surface area contributed by atoms with Crippen LogP contribution in [0.25, 0.3) is 5.69 Å². The third-order valence-electron chi connectivity index (χ3n) is 4.79. The van der Waals surface area contributed by atoms with Crippen molar-refractivity contribution < 1.29 is 9.72 Å². The zero-order valence-corrected chi connectivity index (χ0v) is 19.7. The molecular formula is C24H21N5O3S2. The number of hydrogen-bond acceptors (Lipinski definition) is 7. The molecule has 0 aliphatic rings. The summed E-state index contributed by atoms with van der Waals surface area (Å²) < 4.78 is 1.82. The Balaban J connectivity index is 1.49. The molecule has 3 aromatic carbocycles. The van der Waals surface area contributed by atoms with Crippen molar-refractivity contribution in [2.75, 3.05) is 5.75 Å². The van der Waals surface area contributed by atoms with E-state index in [2.05, 4.69) is 15.5 Å². The van der Waals surface area contributed by atoms with Gasteiger partial charge in [0.2, 0.25) is 5.91 Å². The quantitative estimate of drug-likeness (QED) is 0.192. The molecule has 0 unspecified atom stereocenters. The van der Waals surface area contributed by atoms with Crippen molar-refractivity contribution >= 4 is 35.1 Å². The topological polar surface area (TPSA) is 103 Å². The Morgan fingerprint density at radius 3 is 2.26 bits per heavy atom. The lowest BCUT2D eigenvalue weighted by Gasteiger charge is -2.11. The van der Waals surface area contributed by atoms with E-state index in [0.29, 0.717) is 22.4 Å². The number of carbonyl (C=O) groups excluding carboxylic acids is 1. The van der Waals surface area contributed by atoms with Gasteiger partial charge < -0.3 is 5.32 Å². The van der Waals surface area contributed by atoms with Crippen LogP contribution in [0.2, 0.25) is 0 Å². The molecule has 0 atom stereocenters. The molecule has 0 bridgehead atoms. The van der Waals surface area contributed by atoms with Gasteiger partial charge in [-0.3, -0.25) is 19.5 Å². The molecule has 0 spiro atoms. The standard InChI is InChI=1S/C24H21N5O3S2/c30-23(17-33-21-9-5-2-6-10-21)25-15-22-26-27-24(34-16-18-7-3-1-4-8-18)28(22)19-11-13-20(14-12-19)29(31)32/h1-14H,15-17H2,(H,25,30). The molecule has 0 radical (unpaired) electrons. The summed E-state index contributed by atoms with van der Waals surface area (Å²) in [5.41, 5.74) is 1.83. The lowest BCUT2D eigenvalue weighted by atomic mass is 10.2. The molecule has 1 amide bonds. The van der Waals surface area contributed by atoms with Crippen molar-refractivity contribution in [3.8, 4) is 5.69 Å². The normalized spacial score (nSPS) is 10.7. The second-order valence-corrected chi connectivity index (χ2v) is 9.15. The second kappa shape index (κ2) is 11.5. The molecule has 1 heterocycles. The Hall–Kier alpha value is -3.63. The molecule has 8 nitrogen and oxygen atoms in total. The predicted octanol–water partition coefficient (Wildman–Crippen LogP) is 4.88. The maximum absolute atomic E-state index is 12.4. The average Bonchev–Trinajstić information content (AvgIpc) is 3.29. The molecule has 172 valence electrons. The van der Waals surface area contributed by atoms with Crippen molar-refractivity contribution in [2.45, 2.75) is 22.3 Å². The predicted molar refractivity (Wildman–Crippen MR) is 133 cm³/mol. The van der Waals surface area contributed by atoms with Gasteiger partial charge in [0.15, 0.2) is 11.0 Å². The molecule has 34 heavy (non-hydrogen) atoms. The lowest BCUT2D eigenvalue weighted by molar-refractivity contribution is -0.384. The number of nitrogens with one attached hydrogen (secondary N) is 1. The lowest BCUT2D eigenvalue weighted by Crippen LogP contribution is -2.26. The minimum atomic E-state index is -0.438. The number of benzene rings is 3. The molecular weight excluding hydrogens is 470 g/mol. The van der Waals surface area contributed by atoms with Gasteiger partial charge in [-0.05, 0) is 29.8 Å². The highest BCUT2D eigenvalue weighted by molar-refractivity contribution is 8.00. The van der Waals surface area contributed by atoms with Crippen LogP contribution < -0.4 is 5.32 Å². The van der Waals surface area contributed by atoms with Gasteiger partial charge in [-0.1, -0.05) is 60.3 Å². The van der Waals surface area contributed by atoms with E-state index in [1.54, 1.807) is 12.1 Å². The Labute approximate surface area is 204 Å². The highest BCUT2D eigenvalue weighted by Gasteiger charge is 2.17. The Kier molecular flexibility index (Phi) is 7.95. The van der Waals surface area contributed by atoms with Crippen molar-refractivity contribution in [2.24, 2.45) is 0 Å². The summed E-state index contributed by atoms with van der Waals surface area (Å²) in [7, 11) is 0. The summed E-state index contributed by atoms with van der Waals surface area (Å²) in [5.74, 6) is 1.39. The molecule has 4 rings (SSSR count). The Morgan fingerprint density at radius 2 is 1.59 bits per heavy atom. The van der Waals surface area contributed by atoms with E-state index in [0.717, 1.165) is 10.5 Å². The molecule has 0 aliphatic carbocycles. The number of thioether (sulfide) groups is 2. The number of nitro benzene ring substituents is 1. The van der Waals surface area contributed by atoms with Crippen molar-refractivity contribution in [1.82, 2.24) is 20.1 Å². The molecule has 10 heteroatoms. The molecule has 0 fully saturated rings. The van der Waals surface area contributed by atoms with Crippen molar-refractivity contribution in [1.29, 1.82) is 0 Å². The van der Waals surface area contributed by atoms with Crippen LogP contribution >= 0.6 is 23.5 Å². The van der Waals surface area contributed by atoms with Gasteiger partial charge in [-0.2, -0.15) is 0 Å². The van der Waals surface area contributed by atoms with E-state index < -0.39 is 4.92 Å². The molecule has 4 aromatic rings. The maximum atomic E-state index is 12.4. The first-order valence-electron chi connectivity index (χ1n) is 10.4. The molecule has 0 saturated heterocycles. The number of aromatic nitrogens is 3. The van der Waals surface area contributed by atoms with Crippen LogP contribution in [0.1, 0.15) is 11.4 Å². The Morgan fingerprint density at radius 1 is 0.912 bits per heavy atom. The van der Waals surface area contributed by atoms with Crippen molar-refractivity contribution in [3.63, 3.8) is 0 Å². The van der Waals surface area contributed by atoms with Crippen LogP contribution in [0.3, 0.4) is 0 Å². The summed E-state index contributed by atoms with van der Waals surface area (Å²) >= 11 is 2.96. The first kappa shape index (κ1) is 23.5. The van der Waals surface area contributed by atoms with E-state index in [1.807, 2.05) is 65.2 Å². The van der Waals surface area contributed by atoms with Crippen LogP contribution in [0.15, 0.2) is 95.0 Å². The van der Waals surface area contributed by atoms with Crippen LogP contribution in [0, 0.1) is 10.1 Å². The number of nitrogens with zero attached hydrogens (tertiary/aromatic N) is 4. The average molecular weight is 492 g/mol. The zero-order chi connectivity index (χ0) is 23.8. The van der Waals surface area contributed by atoms with E-state index >= 15 is 0 Å². The zero-order valence-electron chi connectivity index (χ0n) is 18.0. The number of amides is 1. The highest BCUT2D eigenvalue weighted by Crippen LogP contribution is 2.26. The third kappa shape index (κ3) is 6.24. The maximum Gasteiger partial charge on any atom is 0.269 e. The minimum absolute atomic E-state index is 0.00287. The summed E-state index contributed by atoms with van der Waals surface area (Å²) in [4.78, 5) is 24.0. The number of carbonyl (C=O) groups is 1. The molecule has 0 aliphatic heterocycles. The molecule has 1 aromatic heterocycles. The fraction of sp³-hybridized carbons (Fsp3) is 0.125. The van der Waals surface area contributed by atoms with E-state index in [4.69, 9.17) is 0 Å². The van der Waals surface area contributed by atoms with Gasteiger partial charge >= 0.3 is 0 Å². The van der Waals surface area contributed by atoms with E-state index in [9.17, 15) is 14.9 Å². The van der Waals surface area contributed by atoms with E-state index in [-0.39, 0.29) is 23.9 Å². The summed E-state index contributed by atoms with van der Waals surface area (Å²) in [5, 5.41) is 23.2. The van der Waals surface area contributed by atoms with Crippen LogP contribution in [0.5, 0.6) is 0 Å². The first-order valence-corrected chi connectivity index (χ1v) is 12.4. The van der Waals surface area contributed by atoms with Gasteiger partial charge in [0.05, 0.1) is 17.2 Å². The monoisotopic (exact) mass is 491 g/mol. The van der Waals surface area contributed by atoms with Crippen LogP contribution in [0.4, 0.5) is 5.69 Å². The third-order valence-corrected chi connectivity index (χ3v) is 6.80. The number of hydrogen-bond donors (Lipinski definition) is 1.